The molecule has 3 nitrogen and oxygen atoms in total. The predicted molar refractivity (Wildman–Crippen MR) is 127 cm³/mol. The van der Waals surface area contributed by atoms with Gasteiger partial charge in [0.2, 0.25) is 0 Å². The largest absolute Gasteiger partial charge is 2.00 e. The summed E-state index contributed by atoms with van der Waals surface area (Å²) in [7, 11) is 0. The first-order valence-electron chi connectivity index (χ1n) is 9.17. The van der Waals surface area contributed by atoms with E-state index in [1.54, 1.807) is 12.4 Å². The van der Waals surface area contributed by atoms with E-state index < -0.39 is 0 Å². The molecule has 4 heteroatoms. The van der Waals surface area contributed by atoms with Crippen molar-refractivity contribution in [3.8, 4) is 0 Å². The molecule has 0 atom stereocenters. The average molecular weight is 444 g/mol. The maximum Gasteiger partial charge on any atom is 2.00 e. The third-order valence-corrected chi connectivity index (χ3v) is 4.56. The van der Waals surface area contributed by atoms with Gasteiger partial charge in [-0.3, -0.25) is 9.98 Å². The standard InChI is InChI=1S/C24H26N2O.2CH3.Fe/c1-15-9-17(3)23(18(4)10-15)25-13-21-7-8-22(27-21)14-26-24-19(5)11-16(2)12-20(24)6;;;/h7-14H,1-6H3;2*1H3;/q;2*-1;+2. The van der Waals surface area contributed by atoms with E-state index in [9.17, 15) is 0 Å². The number of rotatable bonds is 4. The predicted octanol–water partition coefficient (Wildman–Crippen LogP) is 7.53. The third kappa shape index (κ3) is 6.55. The first-order valence-corrected chi connectivity index (χ1v) is 9.17. The topological polar surface area (TPSA) is 37.9 Å². The Balaban J connectivity index is 0.00000280. The molecule has 0 unspecified atom stereocenters. The maximum atomic E-state index is 5.84. The Bertz CT molecular complexity index is 917. The molecule has 3 rings (SSSR count). The zero-order chi connectivity index (χ0) is 19.6. The molecule has 0 aliphatic heterocycles. The van der Waals surface area contributed by atoms with Crippen LogP contribution < -0.4 is 0 Å². The summed E-state index contributed by atoms with van der Waals surface area (Å²) >= 11 is 0. The fraction of sp³-hybridized carbons (Fsp3) is 0.231. The van der Waals surface area contributed by atoms with Gasteiger partial charge < -0.3 is 19.3 Å². The summed E-state index contributed by atoms with van der Waals surface area (Å²) in [6.07, 6.45) is 3.54. The molecule has 160 valence electrons. The van der Waals surface area contributed by atoms with E-state index >= 15 is 0 Å². The molecule has 1 aromatic heterocycles. The smallest absolute Gasteiger partial charge is 0.454 e. The summed E-state index contributed by atoms with van der Waals surface area (Å²) in [6, 6.07) is 12.4. The fourth-order valence-electron chi connectivity index (χ4n) is 3.52. The molecule has 2 aromatic carbocycles. The van der Waals surface area contributed by atoms with Crippen LogP contribution in [0.3, 0.4) is 0 Å². The summed E-state index contributed by atoms with van der Waals surface area (Å²) in [6.45, 7) is 12.5. The number of nitrogens with zero attached hydrogens (tertiary/aromatic N) is 2. The van der Waals surface area contributed by atoms with E-state index in [1.807, 2.05) is 12.1 Å². The molecule has 0 aliphatic rings. The van der Waals surface area contributed by atoms with Crippen LogP contribution in [0.4, 0.5) is 11.4 Å². The number of hydrogen-bond acceptors (Lipinski definition) is 3. The summed E-state index contributed by atoms with van der Waals surface area (Å²) in [5, 5.41) is 0. The minimum atomic E-state index is 0. The number of benzene rings is 2. The van der Waals surface area contributed by atoms with Gasteiger partial charge in [-0.15, -0.1) is 0 Å². The van der Waals surface area contributed by atoms with Crippen molar-refractivity contribution in [3.05, 3.63) is 96.2 Å². The van der Waals surface area contributed by atoms with Gasteiger partial charge in [-0.05, 0) is 75.9 Å². The molecular weight excluding hydrogens is 412 g/mol. The van der Waals surface area contributed by atoms with Crippen molar-refractivity contribution >= 4 is 23.8 Å². The van der Waals surface area contributed by atoms with Gasteiger partial charge in [0, 0.05) is 0 Å². The first-order chi connectivity index (χ1) is 12.8. The van der Waals surface area contributed by atoms with Crippen LogP contribution in [0.5, 0.6) is 0 Å². The van der Waals surface area contributed by atoms with Gasteiger partial charge in [-0.25, -0.2) is 0 Å². The monoisotopic (exact) mass is 444 g/mol. The van der Waals surface area contributed by atoms with Gasteiger partial charge >= 0.3 is 17.1 Å². The van der Waals surface area contributed by atoms with Crippen molar-refractivity contribution in [2.24, 2.45) is 9.98 Å². The number of aryl methyl sites for hydroxylation is 6. The number of hydrogen-bond donors (Lipinski definition) is 0. The van der Waals surface area contributed by atoms with Crippen molar-refractivity contribution in [3.63, 3.8) is 0 Å². The van der Waals surface area contributed by atoms with Crippen molar-refractivity contribution in [2.45, 2.75) is 41.5 Å². The van der Waals surface area contributed by atoms with Crippen LogP contribution in [0.1, 0.15) is 44.9 Å². The van der Waals surface area contributed by atoms with Gasteiger partial charge in [-0.2, -0.15) is 0 Å². The minimum absolute atomic E-state index is 0. The Hall–Kier alpha value is -2.42. The molecule has 3 aromatic rings. The van der Waals surface area contributed by atoms with Crippen LogP contribution in [0.2, 0.25) is 0 Å². The molecule has 1 heterocycles. The first kappa shape index (κ1) is 27.6. The second kappa shape index (κ2) is 11.7. The van der Waals surface area contributed by atoms with Gasteiger partial charge in [0.1, 0.15) is 11.5 Å². The molecule has 0 saturated heterocycles. The van der Waals surface area contributed by atoms with Gasteiger partial charge in [0.25, 0.3) is 0 Å². The quantitative estimate of drug-likeness (QED) is 0.233. The zero-order valence-electron chi connectivity index (χ0n) is 19.3. The zero-order valence-corrected chi connectivity index (χ0v) is 20.4. The van der Waals surface area contributed by atoms with Crippen LogP contribution in [0.15, 0.2) is 50.8 Å². The Morgan fingerprint density at radius 1 is 0.600 bits per heavy atom. The molecule has 0 N–H and O–H groups in total. The van der Waals surface area contributed by atoms with Crippen molar-refractivity contribution in [2.75, 3.05) is 0 Å². The normalized spacial score (nSPS) is 10.6. The van der Waals surface area contributed by atoms with Crippen LogP contribution >= 0.6 is 0 Å². The third-order valence-electron chi connectivity index (χ3n) is 4.56. The molecule has 0 radical (unpaired) electrons. The molecule has 0 bridgehead atoms. The molecule has 0 saturated carbocycles. The van der Waals surface area contributed by atoms with Crippen molar-refractivity contribution < 1.29 is 21.5 Å². The second-order valence-corrected chi connectivity index (χ2v) is 7.25. The Morgan fingerprint density at radius 3 is 1.20 bits per heavy atom. The van der Waals surface area contributed by atoms with Crippen LogP contribution in [0, 0.1) is 56.4 Å². The van der Waals surface area contributed by atoms with Crippen molar-refractivity contribution in [1.82, 2.24) is 0 Å². The van der Waals surface area contributed by atoms with Crippen molar-refractivity contribution in [1.29, 1.82) is 0 Å². The molecule has 30 heavy (non-hydrogen) atoms. The van der Waals surface area contributed by atoms with Crippen LogP contribution in [-0.4, -0.2) is 12.4 Å². The summed E-state index contributed by atoms with van der Waals surface area (Å²) in [5.74, 6) is 1.43. The van der Waals surface area contributed by atoms with Gasteiger partial charge in [0.05, 0.1) is 23.8 Å². The maximum absolute atomic E-state index is 5.84. The average Bonchev–Trinajstić information content (AvgIpc) is 3.00. The van der Waals surface area contributed by atoms with E-state index in [-0.39, 0.29) is 31.9 Å². The molecule has 0 spiro atoms. The molecule has 0 amide bonds. The van der Waals surface area contributed by atoms with Crippen LogP contribution in [0.25, 0.3) is 0 Å². The fourth-order valence-corrected chi connectivity index (χ4v) is 3.52. The van der Waals surface area contributed by atoms with E-state index in [0.29, 0.717) is 11.5 Å². The van der Waals surface area contributed by atoms with E-state index in [1.165, 1.54) is 33.4 Å². The Labute approximate surface area is 192 Å². The van der Waals surface area contributed by atoms with E-state index in [4.69, 9.17) is 4.42 Å². The van der Waals surface area contributed by atoms with E-state index in [2.05, 4.69) is 75.8 Å². The number of aliphatic imine (C=N–C) groups is 2. The summed E-state index contributed by atoms with van der Waals surface area (Å²) in [4.78, 5) is 9.25. The second-order valence-electron chi connectivity index (χ2n) is 7.25. The summed E-state index contributed by atoms with van der Waals surface area (Å²) in [5.41, 5.74) is 9.18. The Morgan fingerprint density at radius 2 is 0.900 bits per heavy atom. The SMILES string of the molecule is Cc1cc(C)c(N=Cc2ccc(C=Nc3c(C)cc(C)cc3C)o2)c(C)c1.[CH3-].[CH3-].[Fe+2]. The minimum Gasteiger partial charge on any atom is -0.454 e. The Kier molecular flexibility index (Phi) is 10.7. The van der Waals surface area contributed by atoms with Gasteiger partial charge in [-0.1, -0.05) is 35.4 Å². The number of furan rings is 1. The van der Waals surface area contributed by atoms with Crippen LogP contribution in [-0.2, 0) is 17.1 Å². The summed E-state index contributed by atoms with van der Waals surface area (Å²) < 4.78 is 5.84. The van der Waals surface area contributed by atoms with E-state index in [0.717, 1.165) is 11.4 Å². The van der Waals surface area contributed by atoms with Gasteiger partial charge in [0.15, 0.2) is 0 Å². The molecule has 0 aliphatic carbocycles. The molecular formula is C26H32FeN2O. The molecule has 0 fully saturated rings.